The molecule has 1 N–H and O–H groups in total. The SMILES string of the molecule is Cc1cccc(C)c1C1CCN(Cc2c(-c3cccs3)[nH]c3ccccc23)CC1. The molecule has 3 heteroatoms. The van der Waals surface area contributed by atoms with Crippen LogP contribution in [0.25, 0.3) is 21.5 Å². The number of fused-ring (bicyclic) bond motifs is 1. The number of likely N-dealkylation sites (tertiary alicyclic amines) is 1. The zero-order valence-corrected chi connectivity index (χ0v) is 18.1. The lowest BCUT2D eigenvalue weighted by Gasteiger charge is -2.33. The van der Waals surface area contributed by atoms with Crippen molar-refractivity contribution in [2.45, 2.75) is 39.2 Å². The molecule has 2 aromatic heterocycles. The molecule has 0 amide bonds. The Kier molecular flexibility index (Phi) is 5.03. The third kappa shape index (κ3) is 3.54. The van der Waals surface area contributed by atoms with Crippen molar-refractivity contribution < 1.29 is 0 Å². The van der Waals surface area contributed by atoms with Gasteiger partial charge in [0.05, 0.1) is 10.6 Å². The van der Waals surface area contributed by atoms with Crippen LogP contribution in [0.4, 0.5) is 0 Å². The highest BCUT2D eigenvalue weighted by Crippen LogP contribution is 2.36. The Morgan fingerprint density at radius 3 is 2.41 bits per heavy atom. The standard InChI is InChI=1S/C26H28N2S/c1-18-7-5-8-19(2)25(18)20-12-14-28(15-13-20)17-22-21-9-3-4-10-23(21)27-26(22)24-11-6-16-29-24/h3-11,16,20,27H,12-15,17H2,1-2H3. The summed E-state index contributed by atoms with van der Waals surface area (Å²) < 4.78 is 0. The summed E-state index contributed by atoms with van der Waals surface area (Å²) in [7, 11) is 0. The predicted octanol–water partition coefficient (Wildman–Crippen LogP) is 6.89. The van der Waals surface area contributed by atoms with Gasteiger partial charge in [0, 0.05) is 23.0 Å². The molecular weight excluding hydrogens is 372 g/mol. The molecule has 0 bridgehead atoms. The van der Waals surface area contributed by atoms with Crippen molar-refractivity contribution in [3.63, 3.8) is 0 Å². The maximum Gasteiger partial charge on any atom is 0.0611 e. The fraction of sp³-hybridized carbons (Fsp3) is 0.308. The molecule has 148 valence electrons. The number of aromatic nitrogens is 1. The van der Waals surface area contributed by atoms with Gasteiger partial charge in [-0.2, -0.15) is 0 Å². The van der Waals surface area contributed by atoms with Crippen LogP contribution in [0, 0.1) is 13.8 Å². The molecule has 0 atom stereocenters. The van der Waals surface area contributed by atoms with Crippen molar-refractivity contribution in [1.29, 1.82) is 0 Å². The molecule has 1 saturated heterocycles. The fourth-order valence-corrected chi connectivity index (χ4v) is 5.82. The highest BCUT2D eigenvalue weighted by atomic mass is 32.1. The molecule has 0 aliphatic carbocycles. The van der Waals surface area contributed by atoms with E-state index in [-0.39, 0.29) is 0 Å². The summed E-state index contributed by atoms with van der Waals surface area (Å²) >= 11 is 1.82. The Bertz CT molecular complexity index is 1090. The minimum absolute atomic E-state index is 0.701. The molecule has 0 unspecified atom stereocenters. The van der Waals surface area contributed by atoms with E-state index in [0.29, 0.717) is 5.92 Å². The van der Waals surface area contributed by atoms with Crippen LogP contribution in [0.3, 0.4) is 0 Å². The van der Waals surface area contributed by atoms with E-state index in [9.17, 15) is 0 Å². The van der Waals surface area contributed by atoms with Gasteiger partial charge in [-0.15, -0.1) is 11.3 Å². The Labute approximate surface area is 177 Å². The molecule has 4 aromatic rings. The molecule has 5 rings (SSSR count). The molecule has 1 aliphatic rings. The van der Waals surface area contributed by atoms with Gasteiger partial charge in [0.1, 0.15) is 0 Å². The molecule has 3 heterocycles. The third-order valence-electron chi connectivity index (χ3n) is 6.50. The molecule has 0 saturated carbocycles. The fourth-order valence-electron chi connectivity index (χ4n) is 5.07. The average Bonchev–Trinajstić information content (AvgIpc) is 3.37. The van der Waals surface area contributed by atoms with Gasteiger partial charge in [-0.3, -0.25) is 4.90 Å². The highest BCUT2D eigenvalue weighted by molar-refractivity contribution is 7.13. The Morgan fingerprint density at radius 1 is 0.931 bits per heavy atom. The lowest BCUT2D eigenvalue weighted by Crippen LogP contribution is -2.33. The van der Waals surface area contributed by atoms with Crippen LogP contribution in [0.2, 0.25) is 0 Å². The van der Waals surface area contributed by atoms with Crippen LogP contribution < -0.4 is 0 Å². The van der Waals surface area contributed by atoms with Crippen LogP contribution in [-0.4, -0.2) is 23.0 Å². The first-order valence-electron chi connectivity index (χ1n) is 10.6. The second-order valence-electron chi connectivity index (χ2n) is 8.36. The number of nitrogens with one attached hydrogen (secondary N) is 1. The third-order valence-corrected chi connectivity index (χ3v) is 7.39. The van der Waals surface area contributed by atoms with E-state index >= 15 is 0 Å². The van der Waals surface area contributed by atoms with Crippen LogP contribution >= 0.6 is 11.3 Å². The number of aryl methyl sites for hydroxylation is 2. The molecule has 1 fully saturated rings. The van der Waals surface area contributed by atoms with Gasteiger partial charge >= 0.3 is 0 Å². The summed E-state index contributed by atoms with van der Waals surface area (Å²) in [5.41, 5.74) is 8.52. The summed E-state index contributed by atoms with van der Waals surface area (Å²) in [4.78, 5) is 7.67. The van der Waals surface area contributed by atoms with Crippen molar-refractivity contribution in [1.82, 2.24) is 9.88 Å². The molecular formula is C26H28N2S. The average molecular weight is 401 g/mol. The van der Waals surface area contributed by atoms with Crippen LogP contribution in [0.15, 0.2) is 60.0 Å². The number of aromatic amines is 1. The van der Waals surface area contributed by atoms with Gasteiger partial charge in [-0.05, 0) is 79.9 Å². The number of hydrogen-bond donors (Lipinski definition) is 1. The first-order valence-corrected chi connectivity index (χ1v) is 11.5. The van der Waals surface area contributed by atoms with Crippen molar-refractivity contribution in [3.8, 4) is 10.6 Å². The molecule has 2 aromatic carbocycles. The Balaban J connectivity index is 1.38. The first-order chi connectivity index (χ1) is 14.2. The lowest BCUT2D eigenvalue weighted by atomic mass is 9.84. The van der Waals surface area contributed by atoms with E-state index in [1.165, 1.54) is 64.1 Å². The van der Waals surface area contributed by atoms with Gasteiger partial charge in [-0.1, -0.05) is 42.5 Å². The van der Waals surface area contributed by atoms with Gasteiger partial charge in [0.15, 0.2) is 0 Å². The van der Waals surface area contributed by atoms with Crippen molar-refractivity contribution >= 4 is 22.2 Å². The topological polar surface area (TPSA) is 19.0 Å². The number of para-hydroxylation sites is 1. The number of benzene rings is 2. The normalized spacial score (nSPS) is 15.9. The smallest absolute Gasteiger partial charge is 0.0611 e. The minimum atomic E-state index is 0.701. The van der Waals surface area contributed by atoms with E-state index in [2.05, 4.69) is 83.7 Å². The van der Waals surface area contributed by atoms with E-state index in [4.69, 9.17) is 0 Å². The maximum atomic E-state index is 3.69. The zero-order valence-electron chi connectivity index (χ0n) is 17.2. The number of hydrogen-bond acceptors (Lipinski definition) is 2. The van der Waals surface area contributed by atoms with Crippen LogP contribution in [-0.2, 0) is 6.54 Å². The first kappa shape index (κ1) is 18.7. The minimum Gasteiger partial charge on any atom is -0.354 e. The lowest BCUT2D eigenvalue weighted by molar-refractivity contribution is 0.205. The van der Waals surface area contributed by atoms with Crippen molar-refractivity contribution in [2.24, 2.45) is 0 Å². The number of piperidine rings is 1. The van der Waals surface area contributed by atoms with Crippen molar-refractivity contribution in [3.05, 3.63) is 82.2 Å². The Hall–Kier alpha value is -2.36. The predicted molar refractivity (Wildman–Crippen MR) is 125 cm³/mol. The summed E-state index contributed by atoms with van der Waals surface area (Å²) in [5.74, 6) is 0.701. The Morgan fingerprint density at radius 2 is 1.69 bits per heavy atom. The quantitative estimate of drug-likeness (QED) is 0.395. The summed E-state index contributed by atoms with van der Waals surface area (Å²) in [6.45, 7) is 7.91. The number of thiophene rings is 1. The van der Waals surface area contributed by atoms with Crippen LogP contribution in [0.1, 0.15) is 41.0 Å². The highest BCUT2D eigenvalue weighted by Gasteiger charge is 2.24. The van der Waals surface area contributed by atoms with E-state index in [1.807, 2.05) is 11.3 Å². The molecule has 2 nitrogen and oxygen atoms in total. The summed E-state index contributed by atoms with van der Waals surface area (Å²) in [5, 5.41) is 3.54. The zero-order chi connectivity index (χ0) is 19.8. The van der Waals surface area contributed by atoms with Crippen LogP contribution in [0.5, 0.6) is 0 Å². The summed E-state index contributed by atoms with van der Waals surface area (Å²) in [6.07, 6.45) is 2.50. The number of H-pyrrole nitrogens is 1. The molecule has 0 spiro atoms. The summed E-state index contributed by atoms with van der Waals surface area (Å²) in [6, 6.07) is 19.8. The second-order valence-corrected chi connectivity index (χ2v) is 9.31. The largest absolute Gasteiger partial charge is 0.354 e. The van der Waals surface area contributed by atoms with E-state index in [1.54, 1.807) is 5.56 Å². The number of rotatable bonds is 4. The van der Waals surface area contributed by atoms with Gasteiger partial charge in [0.25, 0.3) is 0 Å². The van der Waals surface area contributed by atoms with Crippen molar-refractivity contribution in [2.75, 3.05) is 13.1 Å². The van der Waals surface area contributed by atoms with Gasteiger partial charge in [0.2, 0.25) is 0 Å². The second kappa shape index (κ2) is 7.81. The maximum absolute atomic E-state index is 3.69. The van der Waals surface area contributed by atoms with Gasteiger partial charge < -0.3 is 4.98 Å². The van der Waals surface area contributed by atoms with E-state index in [0.717, 1.165) is 6.54 Å². The monoisotopic (exact) mass is 400 g/mol. The molecule has 1 aliphatic heterocycles. The molecule has 29 heavy (non-hydrogen) atoms. The number of nitrogens with zero attached hydrogens (tertiary/aromatic N) is 1. The van der Waals surface area contributed by atoms with Gasteiger partial charge in [-0.25, -0.2) is 0 Å². The molecule has 0 radical (unpaired) electrons. The van der Waals surface area contributed by atoms with E-state index < -0.39 is 0 Å².